The van der Waals surface area contributed by atoms with Crippen molar-refractivity contribution in [3.05, 3.63) is 120 Å². The molecule has 1 atom stereocenters. The number of anilines is 2. The molecule has 1 aliphatic carbocycles. The van der Waals surface area contributed by atoms with E-state index in [-0.39, 0.29) is 17.9 Å². The maximum atomic E-state index is 13.9. The maximum absolute atomic E-state index is 13.9. The second-order valence-electron chi connectivity index (χ2n) is 11.5. The first kappa shape index (κ1) is 29.1. The predicted octanol–water partition coefficient (Wildman–Crippen LogP) is 5.97. The van der Waals surface area contributed by atoms with Gasteiger partial charge in [-0.3, -0.25) is 14.5 Å². The van der Waals surface area contributed by atoms with Gasteiger partial charge in [0.15, 0.2) is 0 Å². The Labute approximate surface area is 256 Å². The van der Waals surface area contributed by atoms with E-state index in [1.54, 1.807) is 0 Å². The summed E-state index contributed by atoms with van der Waals surface area (Å²) in [7, 11) is 2.70. The summed E-state index contributed by atoms with van der Waals surface area (Å²) in [5.74, 6) is 0.0433. The van der Waals surface area contributed by atoms with Crippen LogP contribution in [0.3, 0.4) is 0 Å². The minimum absolute atomic E-state index is 0.0549. The molecule has 6 nitrogen and oxygen atoms in total. The van der Waals surface area contributed by atoms with Gasteiger partial charge < -0.3 is 16.0 Å². The van der Waals surface area contributed by atoms with Gasteiger partial charge in [-0.2, -0.15) is 0 Å². The van der Waals surface area contributed by atoms with Crippen LogP contribution in [0.4, 0.5) is 11.4 Å². The molecule has 1 saturated heterocycles. The highest BCUT2D eigenvalue weighted by Gasteiger charge is 2.48. The van der Waals surface area contributed by atoms with Crippen molar-refractivity contribution in [2.75, 3.05) is 37.7 Å². The van der Waals surface area contributed by atoms with Crippen molar-refractivity contribution in [1.82, 2.24) is 15.5 Å². The molecule has 0 aromatic heterocycles. The van der Waals surface area contributed by atoms with Gasteiger partial charge in [-0.05, 0) is 72.1 Å². The van der Waals surface area contributed by atoms with Crippen LogP contribution in [-0.2, 0) is 10.2 Å². The lowest BCUT2D eigenvalue weighted by atomic mass is 9.73. The van der Waals surface area contributed by atoms with Crippen molar-refractivity contribution in [1.29, 1.82) is 0 Å². The van der Waals surface area contributed by atoms with Gasteiger partial charge in [0.2, 0.25) is 5.91 Å². The van der Waals surface area contributed by atoms with E-state index in [1.165, 1.54) is 11.1 Å². The number of nitrogens with zero attached hydrogens (tertiary/aromatic N) is 1. The molecule has 6 rings (SSSR count). The number of fused-ring (bicyclic) bond motifs is 3. The molecular weight excluding hydrogens is 551 g/mol. The summed E-state index contributed by atoms with van der Waals surface area (Å²) in [6, 6.07) is 34.4. The van der Waals surface area contributed by atoms with E-state index >= 15 is 0 Å². The largest absolute Gasteiger partial charge is 0.355 e. The zero-order valence-corrected chi connectivity index (χ0v) is 25.5. The van der Waals surface area contributed by atoms with E-state index in [2.05, 4.69) is 66.5 Å². The number of nitrogens with one attached hydrogen (secondary N) is 3. The summed E-state index contributed by atoms with van der Waals surface area (Å²) in [6.07, 6.45) is 3.52. The van der Waals surface area contributed by atoms with Gasteiger partial charge in [0, 0.05) is 25.3 Å². The second kappa shape index (κ2) is 13.1. The fourth-order valence-electron chi connectivity index (χ4n) is 6.59. The molecule has 1 aliphatic heterocycles. The summed E-state index contributed by atoms with van der Waals surface area (Å²) in [5.41, 5.74) is 6.30. The summed E-state index contributed by atoms with van der Waals surface area (Å²) in [6.45, 7) is 3.27. The van der Waals surface area contributed by atoms with Crippen LogP contribution in [0, 0.1) is 0 Å². The van der Waals surface area contributed by atoms with Crippen LogP contribution in [0.5, 0.6) is 0 Å². The lowest BCUT2D eigenvalue weighted by molar-refractivity contribution is -0.125. The van der Waals surface area contributed by atoms with Crippen molar-refractivity contribution < 1.29 is 9.59 Å². The molecule has 220 valence electrons. The van der Waals surface area contributed by atoms with Gasteiger partial charge in [0.05, 0.1) is 17.3 Å². The number of carbonyl (C=O) groups is 2. The first-order valence-corrected chi connectivity index (χ1v) is 16.0. The molecule has 0 saturated carbocycles. The molecule has 0 radical (unpaired) electrons. The van der Waals surface area contributed by atoms with Gasteiger partial charge in [-0.15, -0.1) is 9.24 Å². The Morgan fingerprint density at radius 1 is 0.791 bits per heavy atom. The molecule has 43 heavy (non-hydrogen) atoms. The average Bonchev–Trinajstić information content (AvgIpc) is 3.31. The van der Waals surface area contributed by atoms with Crippen LogP contribution in [-0.4, -0.2) is 55.1 Å². The molecule has 4 aromatic carbocycles. The number of unbranched alkanes of at least 4 members (excludes halogenated alkanes) is 1. The lowest BCUT2D eigenvalue weighted by Gasteiger charge is -2.40. The first-order chi connectivity index (χ1) is 21.1. The number of rotatable bonds is 12. The molecule has 2 amide bonds. The molecular formula is C36H39N4O2P. The molecule has 0 bridgehead atoms. The molecule has 7 heteroatoms. The van der Waals surface area contributed by atoms with Crippen LogP contribution < -0.4 is 16.0 Å². The zero-order valence-electron chi connectivity index (χ0n) is 24.4. The summed E-state index contributed by atoms with van der Waals surface area (Å²) in [5, 5.41) is 9.78. The van der Waals surface area contributed by atoms with Gasteiger partial charge in [0.1, 0.15) is 5.41 Å². The van der Waals surface area contributed by atoms with E-state index in [0.29, 0.717) is 12.1 Å². The standard InChI is InChI=1S/C36H39N4O2P/c41-34(30-16-6-9-19-33(30)38-26-12-2-1-3-13-26)39-27-24-40(25-27)22-11-10-20-36(35(42)37-21-23-43)31-17-7-4-14-28(31)29-15-5-8-18-32(29)36/h1-9,12-19,27,38H,10-11,20-25,43H2,(H,37,42)(H,39,41). The molecule has 2 aliphatic rings. The third-order valence-corrected chi connectivity index (χ3v) is 8.96. The quantitative estimate of drug-likeness (QED) is 0.140. The number of hydrogen-bond acceptors (Lipinski definition) is 4. The SMILES string of the molecule is O=C(NC1CN(CCCCC2(C(=O)NCCP)c3ccccc3-c3ccccc32)C1)c1ccccc1Nc1ccccc1. The fourth-order valence-corrected chi connectivity index (χ4v) is 6.73. The first-order valence-electron chi connectivity index (χ1n) is 15.2. The van der Waals surface area contributed by atoms with E-state index < -0.39 is 5.41 Å². The highest BCUT2D eigenvalue weighted by molar-refractivity contribution is 7.16. The monoisotopic (exact) mass is 590 g/mol. The van der Waals surface area contributed by atoms with Crippen LogP contribution >= 0.6 is 9.24 Å². The Hall–Kier alpha value is -3.99. The molecule has 4 aromatic rings. The average molecular weight is 591 g/mol. The zero-order chi connectivity index (χ0) is 29.6. The molecule has 1 fully saturated rings. The number of carbonyl (C=O) groups excluding carboxylic acids is 2. The Morgan fingerprint density at radius 3 is 2.12 bits per heavy atom. The molecule has 1 unspecified atom stereocenters. The third kappa shape index (κ3) is 5.95. The number of para-hydroxylation sites is 2. The van der Waals surface area contributed by atoms with Gasteiger partial charge in [-0.1, -0.05) is 85.3 Å². The maximum Gasteiger partial charge on any atom is 0.253 e. The normalized spacial score (nSPS) is 15.2. The summed E-state index contributed by atoms with van der Waals surface area (Å²) in [4.78, 5) is 29.4. The predicted molar refractivity (Wildman–Crippen MR) is 178 cm³/mol. The highest BCUT2D eigenvalue weighted by atomic mass is 31.0. The van der Waals surface area contributed by atoms with Crippen LogP contribution in [0.15, 0.2) is 103 Å². The van der Waals surface area contributed by atoms with Gasteiger partial charge in [0.25, 0.3) is 5.91 Å². The Kier molecular flexibility index (Phi) is 8.87. The van der Waals surface area contributed by atoms with Crippen molar-refractivity contribution in [3.8, 4) is 11.1 Å². The Balaban J connectivity index is 1.04. The summed E-state index contributed by atoms with van der Waals surface area (Å²) >= 11 is 0. The van der Waals surface area contributed by atoms with Crippen LogP contribution in [0.1, 0.15) is 40.7 Å². The number of likely N-dealkylation sites (tertiary alicyclic amines) is 1. The van der Waals surface area contributed by atoms with Crippen LogP contribution in [0.2, 0.25) is 0 Å². The third-order valence-electron chi connectivity index (χ3n) is 8.67. The van der Waals surface area contributed by atoms with Crippen LogP contribution in [0.25, 0.3) is 11.1 Å². The number of hydrogen-bond donors (Lipinski definition) is 3. The van der Waals surface area contributed by atoms with E-state index in [4.69, 9.17) is 0 Å². The van der Waals surface area contributed by atoms with Crippen molar-refractivity contribution in [2.45, 2.75) is 30.7 Å². The van der Waals surface area contributed by atoms with E-state index in [9.17, 15) is 9.59 Å². The Bertz CT molecular complexity index is 1540. The van der Waals surface area contributed by atoms with Crippen molar-refractivity contribution in [2.24, 2.45) is 0 Å². The molecule has 3 N–H and O–H groups in total. The number of amides is 2. The molecule has 1 heterocycles. The van der Waals surface area contributed by atoms with Gasteiger partial charge in [-0.25, -0.2) is 0 Å². The van der Waals surface area contributed by atoms with E-state index in [1.807, 2.05) is 66.7 Å². The second-order valence-corrected chi connectivity index (χ2v) is 12.0. The fraction of sp³-hybridized carbons (Fsp3) is 0.278. The minimum Gasteiger partial charge on any atom is -0.355 e. The minimum atomic E-state index is -0.667. The topological polar surface area (TPSA) is 73.5 Å². The summed E-state index contributed by atoms with van der Waals surface area (Å²) < 4.78 is 0. The smallest absolute Gasteiger partial charge is 0.253 e. The Morgan fingerprint density at radius 2 is 1.42 bits per heavy atom. The number of benzene rings is 4. The van der Waals surface area contributed by atoms with Gasteiger partial charge >= 0.3 is 0 Å². The van der Waals surface area contributed by atoms with E-state index in [0.717, 1.165) is 67.6 Å². The lowest BCUT2D eigenvalue weighted by Crippen LogP contribution is -2.59. The molecule has 0 spiro atoms. The van der Waals surface area contributed by atoms with Crippen molar-refractivity contribution in [3.63, 3.8) is 0 Å². The van der Waals surface area contributed by atoms with Crippen molar-refractivity contribution >= 4 is 32.4 Å². The highest BCUT2D eigenvalue weighted by Crippen LogP contribution is 2.51.